The van der Waals surface area contributed by atoms with Crippen molar-refractivity contribution in [3.8, 4) is 0 Å². The lowest BCUT2D eigenvalue weighted by molar-refractivity contribution is -0.929. The molecule has 2 aromatic rings. The molecule has 0 saturated carbocycles. The topological polar surface area (TPSA) is 76.6 Å². The van der Waals surface area contributed by atoms with E-state index in [1.165, 1.54) is 27.4 Å². The van der Waals surface area contributed by atoms with Gasteiger partial charge in [-0.2, -0.15) is 0 Å². The summed E-state index contributed by atoms with van der Waals surface area (Å²) in [6, 6.07) is 9.83. The summed E-state index contributed by atoms with van der Waals surface area (Å²) in [5.74, 6) is -0.599. The molecule has 1 aliphatic heterocycles. The molecule has 6 heteroatoms. The van der Waals surface area contributed by atoms with Gasteiger partial charge in [-0.15, -0.1) is 11.3 Å². The van der Waals surface area contributed by atoms with Crippen LogP contribution in [-0.2, 0) is 17.8 Å². The van der Waals surface area contributed by atoms with Crippen LogP contribution >= 0.6 is 11.3 Å². The number of primary amides is 1. The van der Waals surface area contributed by atoms with Crippen molar-refractivity contribution in [2.24, 2.45) is 5.73 Å². The summed E-state index contributed by atoms with van der Waals surface area (Å²) < 4.78 is 0. The summed E-state index contributed by atoms with van der Waals surface area (Å²) in [7, 11) is 0. The lowest BCUT2D eigenvalue weighted by Crippen LogP contribution is -3.16. The van der Waals surface area contributed by atoms with Gasteiger partial charge in [-0.05, 0) is 23.9 Å². The Balaban J connectivity index is 1.69. The second kappa shape index (κ2) is 6.52. The molecule has 1 aromatic heterocycles. The van der Waals surface area contributed by atoms with Crippen LogP contribution in [0.25, 0.3) is 0 Å². The molecule has 0 radical (unpaired) electrons. The Morgan fingerprint density at radius 2 is 2.00 bits per heavy atom. The summed E-state index contributed by atoms with van der Waals surface area (Å²) in [5, 5.41) is 5.14. The molecule has 0 spiro atoms. The first-order chi connectivity index (χ1) is 11.1. The van der Waals surface area contributed by atoms with Crippen molar-refractivity contribution in [2.75, 3.05) is 11.9 Å². The van der Waals surface area contributed by atoms with Gasteiger partial charge < -0.3 is 16.0 Å². The fraction of sp³-hybridized carbons (Fsp3) is 0.294. The standard InChI is InChI=1S/C17H19N3O2S/c1-11(16(22)19-17-14(15(18)21)7-9-23-17)20-8-6-12-4-2-3-5-13(12)10-20/h2-5,7,9,11H,6,8,10H2,1H3,(H2,18,21)(H,19,22)/p+1/t11-/m0/s1. The van der Waals surface area contributed by atoms with E-state index in [0.29, 0.717) is 10.6 Å². The number of thiophene rings is 1. The zero-order chi connectivity index (χ0) is 16.4. The molecule has 5 nitrogen and oxygen atoms in total. The average molecular weight is 330 g/mol. The number of benzene rings is 1. The highest BCUT2D eigenvalue weighted by Crippen LogP contribution is 2.22. The molecule has 3 rings (SSSR count). The number of quaternary nitrogens is 1. The summed E-state index contributed by atoms with van der Waals surface area (Å²) >= 11 is 1.32. The number of rotatable bonds is 4. The molecular weight excluding hydrogens is 310 g/mol. The van der Waals surface area contributed by atoms with E-state index in [4.69, 9.17) is 5.73 Å². The minimum Gasteiger partial charge on any atom is -0.366 e. The average Bonchev–Trinajstić information content (AvgIpc) is 3.02. The predicted octanol–water partition coefficient (Wildman–Crippen LogP) is 0.815. The van der Waals surface area contributed by atoms with E-state index in [0.717, 1.165) is 19.5 Å². The highest BCUT2D eigenvalue weighted by atomic mass is 32.1. The molecule has 0 bridgehead atoms. The van der Waals surface area contributed by atoms with Crippen LogP contribution in [0.3, 0.4) is 0 Å². The third kappa shape index (κ3) is 3.28. The van der Waals surface area contributed by atoms with Gasteiger partial charge in [0.1, 0.15) is 11.5 Å². The first-order valence-electron chi connectivity index (χ1n) is 7.66. The number of hydrogen-bond donors (Lipinski definition) is 3. The van der Waals surface area contributed by atoms with Gasteiger partial charge in [-0.25, -0.2) is 0 Å². The Bertz CT molecular complexity index is 741. The van der Waals surface area contributed by atoms with Gasteiger partial charge in [0.2, 0.25) is 0 Å². The SMILES string of the molecule is C[C@@H](C(=O)Nc1sccc1C(N)=O)[NH+]1CCc2ccccc2C1. The van der Waals surface area contributed by atoms with Crippen LogP contribution in [-0.4, -0.2) is 24.4 Å². The van der Waals surface area contributed by atoms with E-state index in [1.807, 2.05) is 13.0 Å². The van der Waals surface area contributed by atoms with Gasteiger partial charge >= 0.3 is 0 Å². The molecule has 2 atom stereocenters. The Labute approximate surface area is 139 Å². The number of amides is 2. The number of fused-ring (bicyclic) bond motifs is 1. The van der Waals surface area contributed by atoms with Gasteiger partial charge in [-0.1, -0.05) is 24.3 Å². The van der Waals surface area contributed by atoms with Crippen LogP contribution in [0.5, 0.6) is 0 Å². The number of anilines is 1. The third-order valence-corrected chi connectivity index (χ3v) is 5.25. The fourth-order valence-electron chi connectivity index (χ4n) is 2.98. The Morgan fingerprint density at radius 3 is 2.74 bits per heavy atom. The quantitative estimate of drug-likeness (QED) is 0.776. The first kappa shape index (κ1) is 15.7. The third-order valence-electron chi connectivity index (χ3n) is 4.42. The number of nitrogens with one attached hydrogen (secondary N) is 2. The van der Waals surface area contributed by atoms with E-state index in [9.17, 15) is 9.59 Å². The maximum Gasteiger partial charge on any atom is 0.283 e. The summed E-state index contributed by atoms with van der Waals surface area (Å²) in [6.07, 6.45) is 0.981. The van der Waals surface area contributed by atoms with Crippen molar-refractivity contribution >= 4 is 28.2 Å². The van der Waals surface area contributed by atoms with Crippen molar-refractivity contribution in [3.05, 3.63) is 52.4 Å². The molecular formula is C17H20N3O2S+. The van der Waals surface area contributed by atoms with Crippen LogP contribution in [0, 0.1) is 0 Å². The summed E-state index contributed by atoms with van der Waals surface area (Å²) in [4.78, 5) is 25.1. The van der Waals surface area contributed by atoms with Crippen molar-refractivity contribution in [1.82, 2.24) is 0 Å². The van der Waals surface area contributed by atoms with E-state index >= 15 is 0 Å². The molecule has 2 amide bonds. The Morgan fingerprint density at radius 1 is 1.26 bits per heavy atom. The van der Waals surface area contributed by atoms with Crippen molar-refractivity contribution in [2.45, 2.75) is 25.9 Å². The molecule has 1 aromatic carbocycles. The Hall–Kier alpha value is -2.18. The van der Waals surface area contributed by atoms with Crippen LogP contribution < -0.4 is 16.0 Å². The second-order valence-electron chi connectivity index (χ2n) is 5.84. The van der Waals surface area contributed by atoms with Gasteiger partial charge in [-0.3, -0.25) is 9.59 Å². The smallest absolute Gasteiger partial charge is 0.283 e. The van der Waals surface area contributed by atoms with Crippen LogP contribution in [0.4, 0.5) is 5.00 Å². The molecule has 1 unspecified atom stereocenters. The number of carbonyl (C=O) groups excluding carboxylic acids is 2. The van der Waals surface area contributed by atoms with Crippen LogP contribution in [0.15, 0.2) is 35.7 Å². The minimum atomic E-state index is -0.520. The first-order valence-corrected chi connectivity index (χ1v) is 8.53. The predicted molar refractivity (Wildman–Crippen MR) is 90.6 cm³/mol. The van der Waals surface area contributed by atoms with Gasteiger partial charge in [0, 0.05) is 12.0 Å². The maximum absolute atomic E-state index is 12.5. The normalized spacial score (nSPS) is 18.0. The second-order valence-corrected chi connectivity index (χ2v) is 6.76. The molecule has 0 fully saturated rings. The number of nitrogens with two attached hydrogens (primary N) is 1. The molecule has 0 saturated heterocycles. The zero-order valence-corrected chi connectivity index (χ0v) is 13.8. The van der Waals surface area contributed by atoms with Gasteiger partial charge in [0.15, 0.2) is 6.04 Å². The van der Waals surface area contributed by atoms with Gasteiger partial charge in [0.05, 0.1) is 12.1 Å². The maximum atomic E-state index is 12.5. The Kier molecular flexibility index (Phi) is 4.45. The molecule has 23 heavy (non-hydrogen) atoms. The number of carbonyl (C=O) groups is 2. The lowest BCUT2D eigenvalue weighted by atomic mass is 9.99. The minimum absolute atomic E-state index is 0.0793. The van der Waals surface area contributed by atoms with E-state index < -0.39 is 5.91 Å². The van der Waals surface area contributed by atoms with Crippen LogP contribution in [0.2, 0.25) is 0 Å². The highest BCUT2D eigenvalue weighted by Gasteiger charge is 2.29. The van der Waals surface area contributed by atoms with E-state index in [2.05, 4.69) is 23.5 Å². The van der Waals surface area contributed by atoms with Crippen molar-refractivity contribution in [3.63, 3.8) is 0 Å². The van der Waals surface area contributed by atoms with Gasteiger partial charge in [0.25, 0.3) is 11.8 Å². The molecule has 2 heterocycles. The van der Waals surface area contributed by atoms with Crippen molar-refractivity contribution < 1.29 is 14.5 Å². The molecule has 4 N–H and O–H groups in total. The zero-order valence-electron chi connectivity index (χ0n) is 13.0. The molecule has 0 aliphatic carbocycles. The monoisotopic (exact) mass is 330 g/mol. The number of hydrogen-bond acceptors (Lipinski definition) is 3. The van der Waals surface area contributed by atoms with E-state index in [1.54, 1.807) is 11.4 Å². The van der Waals surface area contributed by atoms with E-state index in [-0.39, 0.29) is 11.9 Å². The molecule has 1 aliphatic rings. The largest absolute Gasteiger partial charge is 0.366 e. The summed E-state index contributed by atoms with van der Waals surface area (Å²) in [5.41, 5.74) is 8.37. The summed E-state index contributed by atoms with van der Waals surface area (Å²) in [6.45, 7) is 3.70. The van der Waals surface area contributed by atoms with Crippen LogP contribution in [0.1, 0.15) is 28.4 Å². The highest BCUT2D eigenvalue weighted by molar-refractivity contribution is 7.14. The molecule has 120 valence electrons. The van der Waals surface area contributed by atoms with Crippen molar-refractivity contribution in [1.29, 1.82) is 0 Å². The fourth-order valence-corrected chi connectivity index (χ4v) is 3.77. The lowest BCUT2D eigenvalue weighted by Gasteiger charge is -2.29.